The van der Waals surface area contributed by atoms with Crippen LogP contribution in [-0.2, 0) is 11.3 Å². The Balaban J connectivity index is 1.68. The van der Waals surface area contributed by atoms with Crippen LogP contribution in [0.25, 0.3) is 0 Å². The summed E-state index contributed by atoms with van der Waals surface area (Å²) in [5, 5.41) is 14.2. The second-order valence-corrected chi connectivity index (χ2v) is 7.41. The zero-order valence-corrected chi connectivity index (χ0v) is 18.1. The number of methoxy groups -OCH3 is 1. The topological polar surface area (TPSA) is 98.1 Å². The summed E-state index contributed by atoms with van der Waals surface area (Å²) in [6.45, 7) is 1.49. The monoisotopic (exact) mass is 467 g/mol. The minimum Gasteiger partial charge on any atom is -0.495 e. The first-order valence-corrected chi connectivity index (χ1v) is 9.71. The Hall–Kier alpha value is -2.81. The van der Waals surface area contributed by atoms with Crippen molar-refractivity contribution in [2.45, 2.75) is 13.5 Å². The lowest BCUT2D eigenvalue weighted by molar-refractivity contribution is -0.117. The molecule has 0 unspecified atom stereocenters. The standard InChI is InChI=1S/C19H16Cl3N5O3/c1-10-18(19(29)24-15-7-11(20)3-5-13(15)21)25-26-27(10)9-17(28)23-12-4-6-16(30-2)14(22)8-12/h3-8H,9H2,1-2H3,(H,23,28)(H,24,29). The Morgan fingerprint density at radius 3 is 2.53 bits per heavy atom. The third kappa shape index (κ3) is 5.02. The molecule has 2 aromatic carbocycles. The predicted molar refractivity (Wildman–Crippen MR) is 116 cm³/mol. The summed E-state index contributed by atoms with van der Waals surface area (Å²) in [4.78, 5) is 24.9. The molecular formula is C19H16Cl3N5O3. The van der Waals surface area contributed by atoms with E-state index in [1.54, 1.807) is 37.3 Å². The van der Waals surface area contributed by atoms with Gasteiger partial charge in [0.15, 0.2) is 5.69 Å². The van der Waals surface area contributed by atoms with Crippen molar-refractivity contribution < 1.29 is 14.3 Å². The van der Waals surface area contributed by atoms with Crippen LogP contribution in [0.4, 0.5) is 11.4 Å². The molecule has 156 valence electrons. The highest BCUT2D eigenvalue weighted by Crippen LogP contribution is 2.27. The summed E-state index contributed by atoms with van der Waals surface area (Å²) in [7, 11) is 1.50. The molecule has 3 rings (SSSR count). The lowest BCUT2D eigenvalue weighted by atomic mass is 10.2. The van der Waals surface area contributed by atoms with E-state index in [4.69, 9.17) is 39.5 Å². The van der Waals surface area contributed by atoms with Crippen LogP contribution in [0.1, 0.15) is 16.2 Å². The zero-order valence-electron chi connectivity index (χ0n) is 15.9. The Labute approximate surface area is 187 Å². The molecule has 2 amide bonds. The summed E-state index contributed by atoms with van der Waals surface area (Å²) in [5.74, 6) is -0.392. The molecule has 0 aliphatic rings. The number of carbonyl (C=O) groups is 2. The van der Waals surface area contributed by atoms with Crippen molar-refractivity contribution in [1.29, 1.82) is 0 Å². The third-order valence-electron chi connectivity index (χ3n) is 4.10. The van der Waals surface area contributed by atoms with Crippen molar-refractivity contribution in [1.82, 2.24) is 15.0 Å². The maximum Gasteiger partial charge on any atom is 0.278 e. The minimum absolute atomic E-state index is 0.0614. The van der Waals surface area contributed by atoms with E-state index in [0.29, 0.717) is 37.9 Å². The maximum absolute atomic E-state index is 12.5. The van der Waals surface area contributed by atoms with Gasteiger partial charge in [0.05, 0.1) is 28.5 Å². The maximum atomic E-state index is 12.5. The fourth-order valence-electron chi connectivity index (χ4n) is 2.58. The molecule has 1 heterocycles. The summed E-state index contributed by atoms with van der Waals surface area (Å²) >= 11 is 18.1. The number of amides is 2. The van der Waals surface area contributed by atoms with Gasteiger partial charge in [0.2, 0.25) is 5.91 Å². The first-order valence-electron chi connectivity index (χ1n) is 8.58. The molecule has 1 aromatic heterocycles. The van der Waals surface area contributed by atoms with Crippen molar-refractivity contribution in [3.63, 3.8) is 0 Å². The van der Waals surface area contributed by atoms with Crippen LogP contribution in [0.2, 0.25) is 15.1 Å². The van der Waals surface area contributed by atoms with E-state index in [0.717, 1.165) is 0 Å². The lowest BCUT2D eigenvalue weighted by Crippen LogP contribution is -2.21. The van der Waals surface area contributed by atoms with E-state index in [1.807, 2.05) is 0 Å². The second-order valence-electron chi connectivity index (χ2n) is 6.16. The van der Waals surface area contributed by atoms with Crippen molar-refractivity contribution in [2.75, 3.05) is 17.7 Å². The lowest BCUT2D eigenvalue weighted by Gasteiger charge is -2.09. The highest BCUT2D eigenvalue weighted by Gasteiger charge is 2.19. The average molecular weight is 469 g/mol. The number of nitrogens with one attached hydrogen (secondary N) is 2. The van der Waals surface area contributed by atoms with Gasteiger partial charge in [-0.15, -0.1) is 5.10 Å². The first-order chi connectivity index (χ1) is 14.3. The normalized spacial score (nSPS) is 10.6. The number of hydrogen-bond acceptors (Lipinski definition) is 5. The Morgan fingerprint density at radius 2 is 1.83 bits per heavy atom. The van der Waals surface area contributed by atoms with Crippen molar-refractivity contribution in [2.24, 2.45) is 0 Å². The second kappa shape index (κ2) is 9.34. The Morgan fingerprint density at radius 1 is 1.07 bits per heavy atom. The van der Waals surface area contributed by atoms with Gasteiger partial charge in [-0.3, -0.25) is 9.59 Å². The van der Waals surface area contributed by atoms with Gasteiger partial charge in [-0.05, 0) is 43.3 Å². The summed E-state index contributed by atoms with van der Waals surface area (Å²) in [6.07, 6.45) is 0. The molecular weight excluding hydrogens is 453 g/mol. The van der Waals surface area contributed by atoms with Crippen LogP contribution in [0.3, 0.4) is 0 Å². The Kier molecular flexibility index (Phi) is 6.81. The molecule has 0 saturated heterocycles. The van der Waals surface area contributed by atoms with Gasteiger partial charge in [0.1, 0.15) is 12.3 Å². The smallest absolute Gasteiger partial charge is 0.278 e. The molecule has 0 saturated carbocycles. The van der Waals surface area contributed by atoms with Gasteiger partial charge in [0, 0.05) is 10.7 Å². The molecule has 3 aromatic rings. The summed E-state index contributed by atoms with van der Waals surface area (Å²) < 4.78 is 6.39. The van der Waals surface area contributed by atoms with Crippen LogP contribution < -0.4 is 15.4 Å². The van der Waals surface area contributed by atoms with Gasteiger partial charge < -0.3 is 15.4 Å². The molecule has 0 fully saturated rings. The van der Waals surface area contributed by atoms with E-state index in [1.165, 1.54) is 17.9 Å². The van der Waals surface area contributed by atoms with E-state index in [-0.39, 0.29) is 18.1 Å². The van der Waals surface area contributed by atoms with Crippen LogP contribution in [0.15, 0.2) is 36.4 Å². The Bertz CT molecular complexity index is 1120. The molecule has 0 aliphatic heterocycles. The molecule has 30 heavy (non-hydrogen) atoms. The van der Waals surface area contributed by atoms with E-state index in [9.17, 15) is 9.59 Å². The van der Waals surface area contributed by atoms with E-state index < -0.39 is 5.91 Å². The van der Waals surface area contributed by atoms with Crippen LogP contribution >= 0.6 is 34.8 Å². The highest BCUT2D eigenvalue weighted by atomic mass is 35.5. The number of ether oxygens (including phenoxy) is 1. The van der Waals surface area contributed by atoms with Gasteiger partial charge in [-0.2, -0.15) is 0 Å². The molecule has 0 radical (unpaired) electrons. The van der Waals surface area contributed by atoms with Gasteiger partial charge in [-0.1, -0.05) is 40.0 Å². The van der Waals surface area contributed by atoms with Crippen LogP contribution in [0.5, 0.6) is 5.75 Å². The molecule has 0 aliphatic carbocycles. The van der Waals surface area contributed by atoms with E-state index >= 15 is 0 Å². The SMILES string of the molecule is COc1ccc(NC(=O)Cn2nnc(C(=O)Nc3cc(Cl)ccc3Cl)c2C)cc1Cl. The molecule has 0 bridgehead atoms. The number of aromatic nitrogens is 3. The average Bonchev–Trinajstić information content (AvgIpc) is 3.05. The van der Waals surface area contributed by atoms with E-state index in [2.05, 4.69) is 20.9 Å². The van der Waals surface area contributed by atoms with Gasteiger partial charge in [0.25, 0.3) is 5.91 Å². The molecule has 0 spiro atoms. The number of nitrogens with zero attached hydrogens (tertiary/aromatic N) is 3. The van der Waals surface area contributed by atoms with Crippen LogP contribution in [0, 0.1) is 6.92 Å². The predicted octanol–water partition coefficient (Wildman–Crippen LogP) is 4.45. The highest BCUT2D eigenvalue weighted by molar-refractivity contribution is 6.36. The van der Waals surface area contributed by atoms with Gasteiger partial charge >= 0.3 is 0 Å². The molecule has 2 N–H and O–H groups in total. The molecule has 11 heteroatoms. The fraction of sp³-hybridized carbons (Fsp3) is 0.158. The van der Waals surface area contributed by atoms with Gasteiger partial charge in [-0.25, -0.2) is 4.68 Å². The summed E-state index contributed by atoms with van der Waals surface area (Å²) in [5.41, 5.74) is 1.31. The number of anilines is 2. The van der Waals surface area contributed by atoms with Crippen LogP contribution in [-0.4, -0.2) is 33.9 Å². The van der Waals surface area contributed by atoms with Crippen molar-refractivity contribution in [3.05, 3.63) is 62.9 Å². The number of halogens is 3. The number of benzene rings is 2. The zero-order chi connectivity index (χ0) is 21.8. The fourth-order valence-corrected chi connectivity index (χ4v) is 3.17. The largest absolute Gasteiger partial charge is 0.495 e. The number of hydrogen-bond donors (Lipinski definition) is 2. The quantitative estimate of drug-likeness (QED) is 0.557. The third-order valence-corrected chi connectivity index (χ3v) is 4.96. The number of carbonyl (C=O) groups excluding carboxylic acids is 2. The minimum atomic E-state index is -0.523. The number of rotatable bonds is 6. The van der Waals surface area contributed by atoms with Crippen molar-refractivity contribution >= 4 is 58.0 Å². The van der Waals surface area contributed by atoms with Crippen molar-refractivity contribution in [3.8, 4) is 5.75 Å². The molecule has 0 atom stereocenters. The molecule has 8 nitrogen and oxygen atoms in total. The summed E-state index contributed by atoms with van der Waals surface area (Å²) in [6, 6.07) is 9.57. The first kappa shape index (κ1) is 21.9.